The Morgan fingerprint density at radius 2 is 2.14 bits per heavy atom. The molecule has 2 atom stereocenters. The van der Waals surface area contributed by atoms with Crippen LogP contribution in [0.1, 0.15) is 30.9 Å². The van der Waals surface area contributed by atoms with E-state index in [2.05, 4.69) is 20.8 Å². The fraction of sp³-hybridized carbons (Fsp3) is 0.600. The zero-order valence-corrected chi connectivity index (χ0v) is 13.5. The lowest BCUT2D eigenvalue weighted by Gasteiger charge is -2.35. The van der Waals surface area contributed by atoms with E-state index in [0.29, 0.717) is 22.5 Å². The summed E-state index contributed by atoms with van der Waals surface area (Å²) in [6.45, 7) is 3.89. The van der Waals surface area contributed by atoms with Crippen molar-refractivity contribution in [1.29, 1.82) is 0 Å². The molecule has 0 amide bonds. The van der Waals surface area contributed by atoms with Gasteiger partial charge >= 0.3 is 6.18 Å². The third kappa shape index (κ3) is 4.44. The second kappa shape index (κ2) is 6.67. The van der Waals surface area contributed by atoms with Gasteiger partial charge < -0.3 is 5.73 Å². The summed E-state index contributed by atoms with van der Waals surface area (Å²) in [5.41, 5.74) is 5.70. The molecule has 2 rings (SSSR count). The molecule has 1 aliphatic rings. The number of piperidine rings is 1. The van der Waals surface area contributed by atoms with Crippen LogP contribution >= 0.6 is 15.9 Å². The third-order valence-electron chi connectivity index (χ3n) is 4.06. The van der Waals surface area contributed by atoms with Gasteiger partial charge in [0.05, 0.1) is 5.56 Å². The molecule has 1 fully saturated rings. The van der Waals surface area contributed by atoms with Crippen LogP contribution in [0.3, 0.4) is 0 Å². The number of hydrogen-bond donors (Lipinski definition) is 1. The Morgan fingerprint density at radius 3 is 2.76 bits per heavy atom. The van der Waals surface area contributed by atoms with Crippen molar-refractivity contribution < 1.29 is 13.2 Å². The number of alkyl halides is 3. The number of benzene rings is 1. The van der Waals surface area contributed by atoms with Crippen molar-refractivity contribution in [1.82, 2.24) is 4.90 Å². The van der Waals surface area contributed by atoms with Crippen molar-refractivity contribution in [3.63, 3.8) is 0 Å². The fourth-order valence-electron chi connectivity index (χ4n) is 2.86. The van der Waals surface area contributed by atoms with E-state index in [-0.39, 0.29) is 6.04 Å². The molecule has 1 aliphatic heterocycles. The van der Waals surface area contributed by atoms with Gasteiger partial charge in [-0.3, -0.25) is 4.90 Å². The first kappa shape index (κ1) is 16.8. The maximum absolute atomic E-state index is 13.1. The van der Waals surface area contributed by atoms with Gasteiger partial charge in [0, 0.05) is 23.6 Å². The Kier molecular flexibility index (Phi) is 5.33. The Balaban J connectivity index is 2.16. The minimum Gasteiger partial charge on any atom is -0.328 e. The monoisotopic (exact) mass is 364 g/mol. The van der Waals surface area contributed by atoms with Crippen LogP contribution < -0.4 is 5.73 Å². The molecule has 0 spiro atoms. The summed E-state index contributed by atoms with van der Waals surface area (Å²) >= 11 is 3.11. The number of rotatable bonds is 3. The Morgan fingerprint density at radius 1 is 1.43 bits per heavy atom. The molecule has 1 aromatic rings. The number of likely N-dealkylation sites (tertiary alicyclic amines) is 1. The van der Waals surface area contributed by atoms with Gasteiger partial charge in [0.1, 0.15) is 0 Å². The van der Waals surface area contributed by atoms with E-state index >= 15 is 0 Å². The second-order valence-electron chi connectivity index (χ2n) is 5.80. The van der Waals surface area contributed by atoms with Gasteiger partial charge in [-0.05, 0) is 49.9 Å². The van der Waals surface area contributed by atoms with Crippen molar-refractivity contribution in [3.05, 3.63) is 33.8 Å². The van der Waals surface area contributed by atoms with Crippen LogP contribution in [0.25, 0.3) is 0 Å². The highest BCUT2D eigenvalue weighted by Crippen LogP contribution is 2.35. The summed E-state index contributed by atoms with van der Waals surface area (Å²) in [7, 11) is 0. The van der Waals surface area contributed by atoms with Crippen molar-refractivity contribution in [2.24, 2.45) is 11.7 Å². The average Bonchev–Trinajstić information content (AvgIpc) is 2.40. The first-order valence-corrected chi connectivity index (χ1v) is 7.90. The predicted octanol–water partition coefficient (Wildman–Crippen LogP) is 4.03. The third-order valence-corrected chi connectivity index (χ3v) is 4.55. The lowest BCUT2D eigenvalue weighted by molar-refractivity contribution is -0.138. The van der Waals surface area contributed by atoms with E-state index in [1.165, 1.54) is 0 Å². The van der Waals surface area contributed by atoms with Crippen molar-refractivity contribution in [2.75, 3.05) is 13.1 Å². The Hall–Kier alpha value is -0.590. The van der Waals surface area contributed by atoms with Crippen LogP contribution in [-0.2, 0) is 12.7 Å². The van der Waals surface area contributed by atoms with Gasteiger partial charge in [0.25, 0.3) is 0 Å². The molecular weight excluding hydrogens is 345 g/mol. The summed E-state index contributed by atoms with van der Waals surface area (Å²) in [6.07, 6.45) is -2.28. The van der Waals surface area contributed by atoms with Gasteiger partial charge in [-0.2, -0.15) is 13.2 Å². The van der Waals surface area contributed by atoms with E-state index in [9.17, 15) is 13.2 Å². The van der Waals surface area contributed by atoms with Gasteiger partial charge in [0.15, 0.2) is 0 Å². The van der Waals surface area contributed by atoms with Gasteiger partial charge in [0.2, 0.25) is 0 Å². The van der Waals surface area contributed by atoms with Gasteiger partial charge in [-0.25, -0.2) is 0 Å². The normalized spacial score (nSPS) is 22.3. The standard InChI is InChI=1S/C15H20BrF3N2/c1-10(20)11-3-2-6-21(8-11)9-12-4-5-13(16)7-14(12)15(17,18)19/h4-5,7,10-11H,2-3,6,8-9,20H2,1H3. The van der Waals surface area contributed by atoms with Gasteiger partial charge in [-0.15, -0.1) is 0 Å². The number of hydrogen-bond acceptors (Lipinski definition) is 2. The van der Waals surface area contributed by atoms with E-state index in [1.54, 1.807) is 12.1 Å². The molecule has 1 heterocycles. The van der Waals surface area contributed by atoms with E-state index in [1.807, 2.05) is 6.92 Å². The van der Waals surface area contributed by atoms with Crippen LogP contribution in [0.15, 0.2) is 22.7 Å². The summed E-state index contributed by atoms with van der Waals surface area (Å²) in [6, 6.07) is 4.46. The molecule has 2 unspecified atom stereocenters. The highest BCUT2D eigenvalue weighted by molar-refractivity contribution is 9.10. The molecular formula is C15H20BrF3N2. The first-order chi connectivity index (χ1) is 9.77. The molecule has 0 aliphatic carbocycles. The minimum absolute atomic E-state index is 0.0832. The summed E-state index contributed by atoms with van der Waals surface area (Å²) < 4.78 is 39.8. The fourth-order valence-corrected chi connectivity index (χ4v) is 3.22. The molecule has 0 bridgehead atoms. The van der Waals surface area contributed by atoms with E-state index < -0.39 is 11.7 Å². The smallest absolute Gasteiger partial charge is 0.328 e. The average molecular weight is 365 g/mol. The molecule has 0 saturated carbocycles. The molecule has 118 valence electrons. The van der Waals surface area contributed by atoms with Crippen LogP contribution in [0.2, 0.25) is 0 Å². The number of nitrogens with zero attached hydrogens (tertiary/aromatic N) is 1. The molecule has 6 heteroatoms. The van der Waals surface area contributed by atoms with Crippen LogP contribution in [0, 0.1) is 5.92 Å². The topological polar surface area (TPSA) is 29.3 Å². The quantitative estimate of drug-likeness (QED) is 0.877. The SMILES string of the molecule is CC(N)C1CCCN(Cc2ccc(Br)cc2C(F)(F)F)C1. The van der Waals surface area contributed by atoms with Crippen LogP contribution in [0.5, 0.6) is 0 Å². The van der Waals surface area contributed by atoms with Crippen LogP contribution in [0.4, 0.5) is 13.2 Å². The molecule has 0 aromatic heterocycles. The molecule has 2 nitrogen and oxygen atoms in total. The molecule has 1 aromatic carbocycles. The Bertz CT molecular complexity index is 488. The first-order valence-electron chi connectivity index (χ1n) is 7.11. The minimum atomic E-state index is -4.32. The summed E-state index contributed by atoms with van der Waals surface area (Å²) in [5.74, 6) is 0.364. The lowest BCUT2D eigenvalue weighted by Crippen LogP contribution is -2.42. The summed E-state index contributed by atoms with van der Waals surface area (Å²) in [4.78, 5) is 2.08. The van der Waals surface area contributed by atoms with E-state index in [0.717, 1.165) is 32.0 Å². The molecule has 21 heavy (non-hydrogen) atoms. The highest BCUT2D eigenvalue weighted by Gasteiger charge is 2.34. The number of halogens is 4. The van der Waals surface area contributed by atoms with E-state index in [4.69, 9.17) is 5.73 Å². The molecule has 2 N–H and O–H groups in total. The van der Waals surface area contributed by atoms with Crippen LogP contribution in [-0.4, -0.2) is 24.0 Å². The maximum atomic E-state index is 13.1. The lowest BCUT2D eigenvalue weighted by atomic mass is 9.91. The predicted molar refractivity (Wildman–Crippen MR) is 80.8 cm³/mol. The second-order valence-corrected chi connectivity index (χ2v) is 6.71. The van der Waals surface area contributed by atoms with Crippen molar-refractivity contribution in [3.8, 4) is 0 Å². The summed E-state index contributed by atoms with van der Waals surface area (Å²) in [5, 5.41) is 0. The molecule has 0 radical (unpaired) electrons. The number of nitrogens with two attached hydrogens (primary N) is 1. The highest BCUT2D eigenvalue weighted by atomic mass is 79.9. The van der Waals surface area contributed by atoms with Crippen molar-refractivity contribution >= 4 is 15.9 Å². The van der Waals surface area contributed by atoms with Crippen molar-refractivity contribution in [2.45, 2.75) is 38.5 Å². The zero-order valence-electron chi connectivity index (χ0n) is 12.0. The largest absolute Gasteiger partial charge is 0.416 e. The molecule has 1 saturated heterocycles. The Labute approximate surface area is 131 Å². The maximum Gasteiger partial charge on any atom is 0.416 e. The van der Waals surface area contributed by atoms with Gasteiger partial charge in [-0.1, -0.05) is 22.0 Å². The zero-order chi connectivity index (χ0) is 15.6.